The minimum absolute atomic E-state index is 0.0690. The number of hydrogen-bond acceptors (Lipinski definition) is 0. The molecule has 176 valence electrons. The highest BCUT2D eigenvalue weighted by molar-refractivity contribution is 5.95. The van der Waals surface area contributed by atoms with Crippen LogP contribution in [0.15, 0.2) is 109 Å². The number of benzene rings is 4. The average molecular weight is 465 g/mol. The summed E-state index contributed by atoms with van der Waals surface area (Å²) in [6, 6.07) is 32.3. The van der Waals surface area contributed by atoms with Crippen LogP contribution in [0.5, 0.6) is 0 Å². The van der Waals surface area contributed by atoms with Crippen molar-refractivity contribution in [3.8, 4) is 0 Å². The van der Waals surface area contributed by atoms with Gasteiger partial charge in [-0.25, -0.2) is 0 Å². The lowest BCUT2D eigenvalue weighted by Crippen LogP contribution is -2.39. The molecule has 4 aromatic rings. The van der Waals surface area contributed by atoms with Crippen LogP contribution in [0.25, 0.3) is 21.9 Å². The summed E-state index contributed by atoms with van der Waals surface area (Å²) in [6.45, 7) is 9.03. The van der Waals surface area contributed by atoms with Gasteiger partial charge in [0.1, 0.15) is 0 Å². The zero-order valence-corrected chi connectivity index (χ0v) is 21.6. The van der Waals surface area contributed by atoms with Gasteiger partial charge in [0.2, 0.25) is 0 Å². The van der Waals surface area contributed by atoms with Crippen molar-refractivity contribution in [2.75, 3.05) is 0 Å². The third-order valence-electron chi connectivity index (χ3n) is 8.61. The second kappa shape index (κ2) is 7.43. The third kappa shape index (κ3) is 3.07. The predicted octanol–water partition coefficient (Wildman–Crippen LogP) is 7.36. The second-order valence-electron chi connectivity index (χ2n) is 11.9. The second-order valence-corrected chi connectivity index (χ2v) is 11.9. The van der Waals surface area contributed by atoms with E-state index in [4.69, 9.17) is 0 Å². The first-order valence-corrected chi connectivity index (χ1v) is 13.2. The highest BCUT2D eigenvalue weighted by Gasteiger charge is 2.60. The molecule has 36 heavy (non-hydrogen) atoms. The standard InChI is InChI=1S/C36H32/c1-23-12-13-26-21-27(15-14-25(26)20-23)34-31-10-6-5-9-30(31)33(32-11-7-8-29-22-36(29,32)34)24-16-18-28(19-17-24)35(2,3)4/h5-21,29H,22H2,1-4H3. The Morgan fingerprint density at radius 2 is 1.44 bits per heavy atom. The maximum absolute atomic E-state index is 2.43. The van der Waals surface area contributed by atoms with Crippen LogP contribution in [-0.4, -0.2) is 0 Å². The molecule has 0 N–H and O–H groups in total. The smallest absolute Gasteiger partial charge is 0.0290 e. The van der Waals surface area contributed by atoms with Crippen LogP contribution in [0, 0.1) is 18.3 Å². The van der Waals surface area contributed by atoms with Crippen LogP contribution < -0.4 is 10.4 Å². The first-order valence-electron chi connectivity index (χ1n) is 13.2. The lowest BCUT2D eigenvalue weighted by molar-refractivity contribution is 0.590. The molecule has 0 aliphatic heterocycles. The van der Waals surface area contributed by atoms with Gasteiger partial charge in [0.05, 0.1) is 0 Å². The number of rotatable bonds is 2. The average Bonchev–Trinajstić information content (AvgIpc) is 3.61. The normalized spacial score (nSPS) is 22.1. The van der Waals surface area contributed by atoms with Crippen molar-refractivity contribution in [2.24, 2.45) is 11.3 Å². The summed E-state index contributed by atoms with van der Waals surface area (Å²) in [5.74, 6) is 0.568. The summed E-state index contributed by atoms with van der Waals surface area (Å²) < 4.78 is 0. The van der Waals surface area contributed by atoms with E-state index in [0.29, 0.717) is 5.92 Å². The minimum atomic E-state index is 0.0690. The number of aryl methyl sites for hydroxylation is 1. The maximum Gasteiger partial charge on any atom is 0.0290 e. The molecular formula is C36H32. The van der Waals surface area contributed by atoms with Crippen LogP contribution in [-0.2, 0) is 5.41 Å². The molecule has 0 radical (unpaired) electrons. The molecule has 0 nitrogen and oxygen atoms in total. The fourth-order valence-corrected chi connectivity index (χ4v) is 6.68. The van der Waals surface area contributed by atoms with E-state index < -0.39 is 0 Å². The zero-order chi connectivity index (χ0) is 24.7. The van der Waals surface area contributed by atoms with Crippen LogP contribution >= 0.6 is 0 Å². The Balaban J connectivity index is 1.55. The van der Waals surface area contributed by atoms with Crippen LogP contribution in [0.3, 0.4) is 0 Å². The van der Waals surface area contributed by atoms with Gasteiger partial charge in [0.25, 0.3) is 0 Å². The van der Waals surface area contributed by atoms with Crippen LogP contribution in [0.1, 0.15) is 49.4 Å². The van der Waals surface area contributed by atoms with Gasteiger partial charge in [0.15, 0.2) is 0 Å². The van der Waals surface area contributed by atoms with E-state index in [2.05, 4.69) is 131 Å². The molecule has 1 fully saturated rings. The van der Waals surface area contributed by atoms with Gasteiger partial charge in [-0.1, -0.05) is 123 Å². The summed E-state index contributed by atoms with van der Waals surface area (Å²) in [6.07, 6.45) is 8.32. The molecule has 0 bridgehead atoms. The maximum atomic E-state index is 2.43. The third-order valence-corrected chi connectivity index (χ3v) is 8.61. The Labute approximate surface area is 214 Å². The van der Waals surface area contributed by atoms with Gasteiger partial charge >= 0.3 is 0 Å². The monoisotopic (exact) mass is 464 g/mol. The molecule has 0 heteroatoms. The van der Waals surface area contributed by atoms with Crippen molar-refractivity contribution < 1.29 is 0 Å². The van der Waals surface area contributed by atoms with E-state index in [9.17, 15) is 0 Å². The van der Waals surface area contributed by atoms with Crippen molar-refractivity contribution in [3.63, 3.8) is 0 Å². The van der Waals surface area contributed by atoms with E-state index in [1.54, 1.807) is 0 Å². The van der Waals surface area contributed by atoms with Crippen molar-refractivity contribution in [1.82, 2.24) is 0 Å². The van der Waals surface area contributed by atoms with E-state index in [1.165, 1.54) is 66.6 Å². The molecule has 7 rings (SSSR count). The molecular weight excluding hydrogens is 432 g/mol. The van der Waals surface area contributed by atoms with Gasteiger partial charge < -0.3 is 0 Å². The fraction of sp³-hybridized carbons (Fsp3) is 0.222. The molecule has 3 aliphatic carbocycles. The first-order chi connectivity index (χ1) is 17.4. The van der Waals surface area contributed by atoms with Gasteiger partial charge in [-0.05, 0) is 85.4 Å². The molecule has 0 heterocycles. The van der Waals surface area contributed by atoms with E-state index in [0.717, 1.165) is 0 Å². The van der Waals surface area contributed by atoms with E-state index in [1.807, 2.05) is 0 Å². The Kier molecular flexibility index (Phi) is 4.47. The largest absolute Gasteiger partial charge is 0.0801 e. The lowest BCUT2D eigenvalue weighted by Gasteiger charge is -2.33. The summed E-state index contributed by atoms with van der Waals surface area (Å²) in [5, 5.41) is 5.39. The lowest BCUT2D eigenvalue weighted by atomic mass is 9.70. The van der Waals surface area contributed by atoms with Gasteiger partial charge in [-0.2, -0.15) is 0 Å². The highest BCUT2D eigenvalue weighted by atomic mass is 14.6. The summed E-state index contributed by atoms with van der Waals surface area (Å²) in [4.78, 5) is 0. The zero-order valence-electron chi connectivity index (χ0n) is 21.6. The van der Waals surface area contributed by atoms with Crippen LogP contribution in [0.2, 0.25) is 0 Å². The molecule has 0 amide bonds. The van der Waals surface area contributed by atoms with Crippen molar-refractivity contribution >= 4 is 21.9 Å². The SMILES string of the molecule is Cc1ccc2cc(C3=c4ccccc4=C(c4ccc(C(C)(C)C)cc4)C4=CC=CC5CC435)ccc2c1. The minimum Gasteiger partial charge on any atom is -0.0801 e. The summed E-state index contributed by atoms with van der Waals surface area (Å²) in [5.41, 5.74) is 10.0. The Hall–Kier alpha value is -3.64. The van der Waals surface area contributed by atoms with Gasteiger partial charge in [-0.15, -0.1) is 0 Å². The first kappa shape index (κ1) is 21.6. The van der Waals surface area contributed by atoms with Crippen LogP contribution in [0.4, 0.5) is 0 Å². The molecule has 1 spiro atoms. The molecule has 0 aromatic heterocycles. The molecule has 2 unspecified atom stereocenters. The molecule has 0 saturated heterocycles. The Bertz CT molecular complexity index is 1730. The summed E-state index contributed by atoms with van der Waals surface area (Å²) in [7, 11) is 0. The van der Waals surface area contributed by atoms with Crippen molar-refractivity contribution in [2.45, 2.75) is 39.5 Å². The summed E-state index contributed by atoms with van der Waals surface area (Å²) >= 11 is 0. The van der Waals surface area contributed by atoms with E-state index >= 15 is 0 Å². The Morgan fingerprint density at radius 1 is 0.750 bits per heavy atom. The molecule has 4 aromatic carbocycles. The van der Waals surface area contributed by atoms with Gasteiger partial charge in [-0.3, -0.25) is 0 Å². The Morgan fingerprint density at radius 3 is 2.22 bits per heavy atom. The van der Waals surface area contributed by atoms with Gasteiger partial charge in [0, 0.05) is 5.41 Å². The molecule has 2 atom stereocenters. The van der Waals surface area contributed by atoms with E-state index in [-0.39, 0.29) is 10.8 Å². The fourth-order valence-electron chi connectivity index (χ4n) is 6.68. The van der Waals surface area contributed by atoms with Crippen molar-refractivity contribution in [3.05, 3.63) is 141 Å². The number of fused-ring (bicyclic) bond motifs is 2. The number of hydrogen-bond donors (Lipinski definition) is 0. The quantitative estimate of drug-likeness (QED) is 0.291. The molecule has 1 saturated carbocycles. The topological polar surface area (TPSA) is 0 Å². The molecule has 3 aliphatic rings. The number of allylic oxidation sites excluding steroid dienone is 4. The van der Waals surface area contributed by atoms with Crippen molar-refractivity contribution in [1.29, 1.82) is 0 Å². The highest BCUT2D eigenvalue weighted by Crippen LogP contribution is 2.69. The predicted molar refractivity (Wildman–Crippen MR) is 152 cm³/mol.